The Morgan fingerprint density at radius 1 is 1.38 bits per heavy atom. The molecule has 2 atom stereocenters. The maximum Gasteiger partial charge on any atom is 0.335 e. The minimum Gasteiger partial charge on any atom is -0.478 e. The second-order valence-electron chi connectivity index (χ2n) is 5.14. The molecule has 1 aromatic carbocycles. The monoisotopic (exact) mass is 333 g/mol. The van der Waals surface area contributed by atoms with Crippen LogP contribution in [0.4, 0.5) is 0 Å². The second kappa shape index (κ2) is 6.31. The lowest BCUT2D eigenvalue weighted by Crippen LogP contribution is -2.29. The van der Waals surface area contributed by atoms with Crippen LogP contribution in [0.1, 0.15) is 29.6 Å². The summed E-state index contributed by atoms with van der Waals surface area (Å²) in [6.45, 7) is 0.201. The normalized spacial score (nSPS) is 22.4. The average Bonchev–Trinajstić information content (AvgIpc) is 2.82. The lowest BCUT2D eigenvalue weighted by molar-refractivity contribution is 0.0696. The molecule has 0 aromatic heterocycles. The standard InChI is InChI=1S/C13H16ClNO5S/c14-11-4-2-9(13(17)18)6-12(11)21(19,20)15-7-8-1-3-10(16)5-8/h2,4,6,8,10,15-16H,1,3,5,7H2,(H,17,18). The van der Waals surface area contributed by atoms with E-state index < -0.39 is 16.0 Å². The quantitative estimate of drug-likeness (QED) is 0.757. The van der Waals surface area contributed by atoms with E-state index in [2.05, 4.69) is 4.72 Å². The van der Waals surface area contributed by atoms with Crippen LogP contribution in [0, 0.1) is 5.92 Å². The van der Waals surface area contributed by atoms with E-state index in [1.54, 1.807) is 0 Å². The molecule has 0 aliphatic heterocycles. The number of benzene rings is 1. The predicted molar refractivity (Wildman–Crippen MR) is 76.9 cm³/mol. The smallest absolute Gasteiger partial charge is 0.335 e. The molecule has 6 nitrogen and oxygen atoms in total. The van der Waals surface area contributed by atoms with Crippen LogP contribution in [0.25, 0.3) is 0 Å². The molecule has 2 rings (SSSR count). The molecule has 1 saturated carbocycles. The Hall–Kier alpha value is -1.15. The van der Waals surface area contributed by atoms with Crippen LogP contribution in [0.2, 0.25) is 5.02 Å². The molecule has 8 heteroatoms. The van der Waals surface area contributed by atoms with Gasteiger partial charge < -0.3 is 10.2 Å². The van der Waals surface area contributed by atoms with E-state index in [4.69, 9.17) is 16.7 Å². The maximum absolute atomic E-state index is 12.2. The van der Waals surface area contributed by atoms with E-state index in [0.717, 1.165) is 12.5 Å². The van der Waals surface area contributed by atoms with Gasteiger partial charge in [-0.2, -0.15) is 0 Å². The first-order chi connectivity index (χ1) is 9.79. The Balaban J connectivity index is 2.15. The number of carboxylic acid groups (broad SMARTS) is 1. The van der Waals surface area contributed by atoms with Crippen molar-refractivity contribution in [2.45, 2.75) is 30.3 Å². The highest BCUT2D eigenvalue weighted by Crippen LogP contribution is 2.26. The Bertz CT molecular complexity index is 646. The van der Waals surface area contributed by atoms with Crippen molar-refractivity contribution in [3.05, 3.63) is 28.8 Å². The minimum atomic E-state index is -3.88. The summed E-state index contributed by atoms with van der Waals surface area (Å²) in [5, 5.41) is 18.3. The molecule has 0 heterocycles. The number of rotatable bonds is 5. The second-order valence-corrected chi connectivity index (χ2v) is 7.28. The third-order valence-corrected chi connectivity index (χ3v) is 5.45. The van der Waals surface area contributed by atoms with E-state index in [0.29, 0.717) is 12.8 Å². The van der Waals surface area contributed by atoms with Gasteiger partial charge in [0, 0.05) is 6.54 Å². The summed E-state index contributed by atoms with van der Waals surface area (Å²) >= 11 is 5.85. The molecular weight excluding hydrogens is 318 g/mol. The van der Waals surface area contributed by atoms with E-state index in [9.17, 15) is 18.3 Å². The van der Waals surface area contributed by atoms with Gasteiger partial charge in [-0.1, -0.05) is 11.6 Å². The Labute approximate surface area is 127 Å². The fourth-order valence-electron chi connectivity index (χ4n) is 2.38. The highest BCUT2D eigenvalue weighted by atomic mass is 35.5. The first-order valence-electron chi connectivity index (χ1n) is 6.50. The number of aliphatic hydroxyl groups excluding tert-OH is 1. The average molecular weight is 334 g/mol. The first kappa shape index (κ1) is 16.2. The van der Waals surface area contributed by atoms with Crippen LogP contribution < -0.4 is 4.72 Å². The molecular formula is C13H16ClNO5S. The van der Waals surface area contributed by atoms with Crippen molar-refractivity contribution in [1.82, 2.24) is 4.72 Å². The van der Waals surface area contributed by atoms with Crippen molar-refractivity contribution in [3.63, 3.8) is 0 Å². The number of sulfonamides is 1. The molecule has 1 aliphatic carbocycles. The van der Waals surface area contributed by atoms with Crippen LogP contribution >= 0.6 is 11.6 Å². The zero-order valence-electron chi connectivity index (χ0n) is 11.1. The molecule has 2 unspecified atom stereocenters. The molecule has 3 N–H and O–H groups in total. The molecule has 116 valence electrons. The molecule has 1 aliphatic rings. The third kappa shape index (κ3) is 3.94. The summed E-state index contributed by atoms with van der Waals surface area (Å²) in [6, 6.07) is 3.53. The topological polar surface area (TPSA) is 104 Å². The van der Waals surface area contributed by atoms with E-state index in [-0.39, 0.29) is 34.0 Å². The summed E-state index contributed by atoms with van der Waals surface area (Å²) < 4.78 is 26.9. The third-order valence-electron chi connectivity index (χ3n) is 3.54. The zero-order chi connectivity index (χ0) is 15.6. The van der Waals surface area contributed by atoms with Gasteiger partial charge in [0.1, 0.15) is 4.90 Å². The van der Waals surface area contributed by atoms with Crippen LogP contribution in [0.15, 0.2) is 23.1 Å². The van der Waals surface area contributed by atoms with Gasteiger partial charge in [0.05, 0.1) is 16.7 Å². The van der Waals surface area contributed by atoms with E-state index >= 15 is 0 Å². The Kier molecular flexibility index (Phi) is 4.88. The summed E-state index contributed by atoms with van der Waals surface area (Å²) in [7, 11) is -3.88. The SMILES string of the molecule is O=C(O)c1ccc(Cl)c(S(=O)(=O)NCC2CCC(O)C2)c1. The highest BCUT2D eigenvalue weighted by molar-refractivity contribution is 7.89. The number of aliphatic hydroxyl groups is 1. The van der Waals surface area contributed by atoms with Crippen molar-refractivity contribution >= 4 is 27.6 Å². The number of halogens is 1. The van der Waals surface area contributed by atoms with Crippen LogP contribution in [-0.4, -0.2) is 37.2 Å². The van der Waals surface area contributed by atoms with Crippen molar-refractivity contribution in [2.24, 2.45) is 5.92 Å². The molecule has 0 saturated heterocycles. The lowest BCUT2D eigenvalue weighted by atomic mass is 10.1. The number of nitrogens with one attached hydrogen (secondary N) is 1. The van der Waals surface area contributed by atoms with Crippen LogP contribution in [-0.2, 0) is 10.0 Å². The van der Waals surface area contributed by atoms with Gasteiger partial charge in [-0.25, -0.2) is 17.9 Å². The number of hydrogen-bond acceptors (Lipinski definition) is 4. The van der Waals surface area contributed by atoms with Gasteiger partial charge in [-0.3, -0.25) is 0 Å². The lowest BCUT2D eigenvalue weighted by Gasteiger charge is -2.12. The largest absolute Gasteiger partial charge is 0.478 e. The van der Waals surface area contributed by atoms with Gasteiger partial charge in [0.25, 0.3) is 0 Å². The highest BCUT2D eigenvalue weighted by Gasteiger charge is 2.26. The number of hydrogen-bond donors (Lipinski definition) is 3. The molecule has 21 heavy (non-hydrogen) atoms. The first-order valence-corrected chi connectivity index (χ1v) is 8.36. The van der Waals surface area contributed by atoms with E-state index in [1.165, 1.54) is 12.1 Å². The van der Waals surface area contributed by atoms with Crippen molar-refractivity contribution < 1.29 is 23.4 Å². The Morgan fingerprint density at radius 2 is 2.10 bits per heavy atom. The Morgan fingerprint density at radius 3 is 2.67 bits per heavy atom. The summed E-state index contributed by atoms with van der Waals surface area (Å²) in [6.07, 6.45) is 1.61. The van der Waals surface area contributed by atoms with E-state index in [1.807, 2.05) is 0 Å². The van der Waals surface area contributed by atoms with Crippen LogP contribution in [0.5, 0.6) is 0 Å². The van der Waals surface area contributed by atoms with Crippen LogP contribution in [0.3, 0.4) is 0 Å². The van der Waals surface area contributed by atoms with Gasteiger partial charge in [-0.05, 0) is 43.4 Å². The fraction of sp³-hybridized carbons (Fsp3) is 0.462. The molecule has 0 spiro atoms. The van der Waals surface area contributed by atoms with Crippen molar-refractivity contribution in [1.29, 1.82) is 0 Å². The van der Waals surface area contributed by atoms with Gasteiger partial charge in [0.15, 0.2) is 0 Å². The minimum absolute atomic E-state index is 0.0287. The summed E-state index contributed by atoms with van der Waals surface area (Å²) in [4.78, 5) is 10.7. The summed E-state index contributed by atoms with van der Waals surface area (Å²) in [5.41, 5.74) is -0.143. The fourth-order valence-corrected chi connectivity index (χ4v) is 4.02. The molecule has 1 fully saturated rings. The van der Waals surface area contributed by atoms with Crippen molar-refractivity contribution in [3.8, 4) is 0 Å². The zero-order valence-corrected chi connectivity index (χ0v) is 12.7. The van der Waals surface area contributed by atoms with Gasteiger partial charge >= 0.3 is 5.97 Å². The predicted octanol–water partition coefficient (Wildman–Crippen LogP) is 1.48. The number of aromatic carboxylic acids is 1. The van der Waals surface area contributed by atoms with Gasteiger partial charge in [0.2, 0.25) is 10.0 Å². The molecule has 0 radical (unpaired) electrons. The number of carbonyl (C=O) groups is 1. The number of carboxylic acids is 1. The van der Waals surface area contributed by atoms with Crippen molar-refractivity contribution in [2.75, 3.05) is 6.54 Å². The summed E-state index contributed by atoms with van der Waals surface area (Å²) in [5.74, 6) is -1.14. The molecule has 1 aromatic rings. The molecule has 0 amide bonds. The molecule has 0 bridgehead atoms. The maximum atomic E-state index is 12.2. The van der Waals surface area contributed by atoms with Gasteiger partial charge in [-0.15, -0.1) is 0 Å².